The molecule has 0 aromatic heterocycles. The summed E-state index contributed by atoms with van der Waals surface area (Å²) >= 11 is 0. The lowest BCUT2D eigenvalue weighted by Crippen LogP contribution is -2.21. The Morgan fingerprint density at radius 1 is 0.750 bits per heavy atom. The van der Waals surface area contributed by atoms with Gasteiger partial charge < -0.3 is 20.1 Å². The summed E-state index contributed by atoms with van der Waals surface area (Å²) in [6.07, 6.45) is 9.34. The average molecular weight is 435 g/mol. The lowest BCUT2D eigenvalue weighted by atomic mass is 10.0. The molecule has 0 spiro atoms. The zero-order valence-electron chi connectivity index (χ0n) is 18.8. The van der Waals surface area contributed by atoms with Gasteiger partial charge in [0, 0.05) is 28.8 Å². The van der Waals surface area contributed by atoms with E-state index in [1.165, 1.54) is 25.7 Å². The minimum atomic E-state index is 0.0451. The van der Waals surface area contributed by atoms with Crippen molar-refractivity contribution in [1.82, 2.24) is 10.6 Å². The van der Waals surface area contributed by atoms with Crippen molar-refractivity contribution in [2.75, 3.05) is 26.3 Å². The Morgan fingerprint density at radius 3 is 1.88 bits per heavy atom. The molecule has 0 saturated carbocycles. The van der Waals surface area contributed by atoms with Gasteiger partial charge in [0.1, 0.15) is 11.5 Å². The number of hydrogen-bond acceptors (Lipinski definition) is 5. The second-order valence-electron chi connectivity index (χ2n) is 9.25. The van der Waals surface area contributed by atoms with Crippen LogP contribution in [0.2, 0.25) is 0 Å². The normalized spacial score (nSPS) is 21.6. The molecule has 2 saturated heterocycles. The molecule has 0 radical (unpaired) electrons. The van der Waals surface area contributed by atoms with Gasteiger partial charge in [-0.3, -0.25) is 4.79 Å². The van der Waals surface area contributed by atoms with Crippen LogP contribution in [-0.2, 0) is 0 Å². The lowest BCUT2D eigenvalue weighted by molar-refractivity contribution is 0.103. The summed E-state index contributed by atoms with van der Waals surface area (Å²) in [7, 11) is 0. The standard InChI is InChI=1S/C27H34N2O3/c30-27-22-12-2-13-23(31-17-5-9-19-7-3-15-28-19)25(22)21-11-1-14-24(26(21)27)32-18-6-10-20-8-4-16-29-20/h1-2,11-14,19-20,28-29H,3-10,15-18H2. The van der Waals surface area contributed by atoms with Crippen molar-refractivity contribution in [2.24, 2.45) is 0 Å². The van der Waals surface area contributed by atoms with Crippen molar-refractivity contribution in [3.05, 3.63) is 47.5 Å². The van der Waals surface area contributed by atoms with Gasteiger partial charge in [-0.2, -0.15) is 0 Å². The van der Waals surface area contributed by atoms with Gasteiger partial charge in [0.15, 0.2) is 5.78 Å². The van der Waals surface area contributed by atoms with Crippen molar-refractivity contribution in [3.63, 3.8) is 0 Å². The van der Waals surface area contributed by atoms with E-state index in [1.807, 2.05) is 36.4 Å². The van der Waals surface area contributed by atoms with Gasteiger partial charge in [-0.25, -0.2) is 0 Å². The zero-order valence-corrected chi connectivity index (χ0v) is 18.8. The molecule has 2 fully saturated rings. The van der Waals surface area contributed by atoms with Crippen LogP contribution in [-0.4, -0.2) is 44.2 Å². The maximum absolute atomic E-state index is 13.3. The summed E-state index contributed by atoms with van der Waals surface area (Å²) in [6, 6.07) is 13.0. The molecule has 2 aromatic rings. The van der Waals surface area contributed by atoms with E-state index in [9.17, 15) is 4.79 Å². The Morgan fingerprint density at radius 2 is 1.31 bits per heavy atom. The van der Waals surface area contributed by atoms with Crippen LogP contribution in [0, 0.1) is 0 Å². The number of ether oxygens (including phenoxy) is 2. The molecule has 2 heterocycles. The first-order valence-corrected chi connectivity index (χ1v) is 12.3. The first kappa shape index (κ1) is 21.5. The predicted octanol–water partition coefficient (Wildman–Crippen LogP) is 4.72. The Bertz CT molecular complexity index is 946. The van der Waals surface area contributed by atoms with Gasteiger partial charge in [-0.05, 0) is 76.6 Å². The molecule has 1 aliphatic carbocycles. The number of ketones is 1. The van der Waals surface area contributed by atoms with E-state index < -0.39 is 0 Å². The van der Waals surface area contributed by atoms with E-state index in [-0.39, 0.29) is 5.78 Å². The van der Waals surface area contributed by atoms with E-state index in [2.05, 4.69) is 10.6 Å². The summed E-state index contributed by atoms with van der Waals surface area (Å²) in [6.45, 7) is 3.57. The second-order valence-corrected chi connectivity index (χ2v) is 9.25. The van der Waals surface area contributed by atoms with Crippen molar-refractivity contribution in [2.45, 2.75) is 63.5 Å². The summed E-state index contributed by atoms with van der Waals surface area (Å²) in [5.74, 6) is 1.54. The number of fused-ring (bicyclic) bond motifs is 3. The fourth-order valence-corrected chi connectivity index (χ4v) is 5.38. The highest BCUT2D eigenvalue weighted by atomic mass is 16.5. The first-order valence-electron chi connectivity index (χ1n) is 12.3. The summed E-state index contributed by atoms with van der Waals surface area (Å²) in [5.41, 5.74) is 3.27. The van der Waals surface area contributed by atoms with Crippen molar-refractivity contribution in [3.8, 4) is 22.6 Å². The topological polar surface area (TPSA) is 59.6 Å². The van der Waals surface area contributed by atoms with Crippen LogP contribution >= 0.6 is 0 Å². The molecule has 32 heavy (non-hydrogen) atoms. The number of carbonyl (C=O) groups excluding carboxylic acids is 1. The number of rotatable bonds is 10. The fraction of sp³-hybridized carbons (Fsp3) is 0.519. The molecule has 5 nitrogen and oxygen atoms in total. The largest absolute Gasteiger partial charge is 0.493 e. The predicted molar refractivity (Wildman–Crippen MR) is 127 cm³/mol. The maximum Gasteiger partial charge on any atom is 0.198 e. The van der Waals surface area contributed by atoms with Gasteiger partial charge in [0.2, 0.25) is 0 Å². The van der Waals surface area contributed by atoms with Crippen LogP contribution < -0.4 is 20.1 Å². The molecule has 5 rings (SSSR count). The summed E-state index contributed by atoms with van der Waals surface area (Å²) in [4.78, 5) is 13.3. The molecule has 0 bridgehead atoms. The molecule has 2 aromatic carbocycles. The SMILES string of the molecule is O=C1c2cccc(OCCCC3CCCN3)c2-c2cccc(OCCCC3CCCN3)c21. The van der Waals surface area contributed by atoms with Gasteiger partial charge in [0.05, 0.1) is 18.8 Å². The van der Waals surface area contributed by atoms with Crippen LogP contribution in [0.25, 0.3) is 11.1 Å². The Labute approximate surface area is 190 Å². The van der Waals surface area contributed by atoms with Crippen LogP contribution in [0.4, 0.5) is 0 Å². The quantitative estimate of drug-likeness (QED) is 0.452. The van der Waals surface area contributed by atoms with Crippen LogP contribution in [0.5, 0.6) is 11.5 Å². The third-order valence-corrected chi connectivity index (χ3v) is 7.03. The molecule has 2 N–H and O–H groups in total. The molecule has 170 valence electrons. The van der Waals surface area contributed by atoms with E-state index in [0.29, 0.717) is 36.6 Å². The van der Waals surface area contributed by atoms with Crippen LogP contribution in [0.1, 0.15) is 67.3 Å². The van der Waals surface area contributed by atoms with Gasteiger partial charge in [-0.15, -0.1) is 0 Å². The van der Waals surface area contributed by atoms with Crippen LogP contribution in [0.15, 0.2) is 36.4 Å². The second kappa shape index (κ2) is 10.1. The molecule has 5 heteroatoms. The first-order chi connectivity index (χ1) is 15.8. The molecule has 3 aliphatic rings. The highest BCUT2D eigenvalue weighted by molar-refractivity contribution is 6.24. The number of nitrogens with one attached hydrogen (secondary N) is 2. The Kier molecular flexibility index (Phi) is 6.75. The highest BCUT2D eigenvalue weighted by Gasteiger charge is 2.32. The van der Waals surface area contributed by atoms with E-state index >= 15 is 0 Å². The maximum atomic E-state index is 13.3. The lowest BCUT2D eigenvalue weighted by Gasteiger charge is -2.14. The number of carbonyl (C=O) groups is 1. The minimum absolute atomic E-state index is 0.0451. The van der Waals surface area contributed by atoms with Crippen molar-refractivity contribution >= 4 is 5.78 Å². The van der Waals surface area contributed by atoms with E-state index in [1.54, 1.807) is 0 Å². The third-order valence-electron chi connectivity index (χ3n) is 7.03. The van der Waals surface area contributed by atoms with Gasteiger partial charge in [0.25, 0.3) is 0 Å². The molecule has 2 atom stereocenters. The van der Waals surface area contributed by atoms with Crippen LogP contribution in [0.3, 0.4) is 0 Å². The minimum Gasteiger partial charge on any atom is -0.493 e. The average Bonchev–Trinajstić information content (AvgIpc) is 3.57. The Hall–Kier alpha value is -2.37. The van der Waals surface area contributed by atoms with Gasteiger partial charge >= 0.3 is 0 Å². The molecular formula is C27H34N2O3. The molecular weight excluding hydrogens is 400 g/mol. The molecule has 2 unspecified atom stereocenters. The molecule has 0 amide bonds. The third kappa shape index (κ3) is 4.55. The number of benzene rings is 2. The van der Waals surface area contributed by atoms with E-state index in [0.717, 1.165) is 61.2 Å². The van der Waals surface area contributed by atoms with Crippen molar-refractivity contribution in [1.29, 1.82) is 0 Å². The number of hydrogen-bond donors (Lipinski definition) is 2. The smallest absolute Gasteiger partial charge is 0.198 e. The van der Waals surface area contributed by atoms with E-state index in [4.69, 9.17) is 9.47 Å². The zero-order chi connectivity index (χ0) is 21.8. The molecule has 2 aliphatic heterocycles. The van der Waals surface area contributed by atoms with Crippen molar-refractivity contribution < 1.29 is 14.3 Å². The van der Waals surface area contributed by atoms with Gasteiger partial charge in [-0.1, -0.05) is 24.3 Å². The monoisotopic (exact) mass is 434 g/mol. The summed E-state index contributed by atoms with van der Waals surface area (Å²) < 4.78 is 12.3. The highest BCUT2D eigenvalue weighted by Crippen LogP contribution is 2.45. The Balaban J connectivity index is 1.25. The summed E-state index contributed by atoms with van der Waals surface area (Å²) in [5, 5.41) is 7.07. The fourth-order valence-electron chi connectivity index (χ4n) is 5.38.